The van der Waals surface area contributed by atoms with Crippen LogP contribution < -0.4 is 5.32 Å². The Kier molecular flexibility index (Phi) is 7.06. The minimum Gasteiger partial charge on any atom is -0.445 e. The van der Waals surface area contributed by atoms with E-state index in [0.29, 0.717) is 18.6 Å². The van der Waals surface area contributed by atoms with Crippen molar-refractivity contribution in [3.63, 3.8) is 0 Å². The smallest absolute Gasteiger partial charge is 0.409 e. The monoisotopic (exact) mass is 292 g/mol. The van der Waals surface area contributed by atoms with Crippen LogP contribution in [0.1, 0.15) is 39.7 Å². The molecule has 1 N–H and O–H groups in total. The molecule has 1 amide bonds. The van der Waals surface area contributed by atoms with Gasteiger partial charge in [0.25, 0.3) is 0 Å². The highest BCUT2D eigenvalue weighted by Crippen LogP contribution is 2.12. The zero-order valence-electron chi connectivity index (χ0n) is 13.8. The fourth-order valence-corrected chi connectivity index (χ4v) is 1.83. The molecule has 1 aromatic carbocycles. The first-order valence-corrected chi connectivity index (χ1v) is 7.62. The molecular weight excluding hydrogens is 264 g/mol. The van der Waals surface area contributed by atoms with E-state index in [2.05, 4.69) is 33.0 Å². The number of anilines is 1. The molecule has 0 atom stereocenters. The van der Waals surface area contributed by atoms with Gasteiger partial charge in [-0.3, -0.25) is 0 Å². The molecule has 0 saturated carbocycles. The molecule has 21 heavy (non-hydrogen) atoms. The molecule has 0 fully saturated rings. The molecule has 0 unspecified atom stereocenters. The van der Waals surface area contributed by atoms with Crippen LogP contribution in [0.15, 0.2) is 24.3 Å². The minimum absolute atomic E-state index is 0.264. The summed E-state index contributed by atoms with van der Waals surface area (Å²) < 4.78 is 5.31. The first kappa shape index (κ1) is 17.3. The van der Waals surface area contributed by atoms with Crippen LogP contribution in [-0.2, 0) is 11.3 Å². The summed E-state index contributed by atoms with van der Waals surface area (Å²) in [5.41, 5.74) is 2.07. The van der Waals surface area contributed by atoms with Gasteiger partial charge in [0.05, 0.1) is 0 Å². The number of amides is 1. The van der Waals surface area contributed by atoms with Crippen molar-refractivity contribution in [1.29, 1.82) is 0 Å². The van der Waals surface area contributed by atoms with Crippen molar-refractivity contribution in [2.45, 2.75) is 46.8 Å². The van der Waals surface area contributed by atoms with Gasteiger partial charge in [-0.25, -0.2) is 4.79 Å². The Hall–Kier alpha value is -1.71. The second-order valence-electron chi connectivity index (χ2n) is 6.15. The molecule has 0 aliphatic heterocycles. The predicted molar refractivity (Wildman–Crippen MR) is 87.5 cm³/mol. The SMILES string of the molecule is CC(C)CCN(C)C(=O)OCc1ccc(NC(C)C)cc1. The first-order chi connectivity index (χ1) is 9.88. The van der Waals surface area contributed by atoms with Crippen LogP contribution in [0.4, 0.5) is 10.5 Å². The highest BCUT2D eigenvalue weighted by Gasteiger charge is 2.10. The van der Waals surface area contributed by atoms with Gasteiger partial charge in [-0.15, -0.1) is 0 Å². The highest BCUT2D eigenvalue weighted by molar-refractivity contribution is 5.67. The van der Waals surface area contributed by atoms with Crippen LogP contribution in [0.2, 0.25) is 0 Å². The van der Waals surface area contributed by atoms with Crippen molar-refractivity contribution in [2.24, 2.45) is 5.92 Å². The number of ether oxygens (including phenoxy) is 1. The number of rotatable bonds is 7. The number of carbonyl (C=O) groups is 1. The molecule has 0 radical (unpaired) electrons. The molecule has 0 aromatic heterocycles. The fourth-order valence-electron chi connectivity index (χ4n) is 1.83. The average molecular weight is 292 g/mol. The second-order valence-corrected chi connectivity index (χ2v) is 6.15. The molecule has 4 nitrogen and oxygen atoms in total. The van der Waals surface area contributed by atoms with Crippen LogP contribution in [0.5, 0.6) is 0 Å². The summed E-state index contributed by atoms with van der Waals surface area (Å²) in [6.07, 6.45) is 0.723. The lowest BCUT2D eigenvalue weighted by Crippen LogP contribution is -2.29. The number of hydrogen-bond donors (Lipinski definition) is 1. The van der Waals surface area contributed by atoms with Crippen LogP contribution in [0, 0.1) is 5.92 Å². The largest absolute Gasteiger partial charge is 0.445 e. The summed E-state index contributed by atoms with van der Waals surface area (Å²) in [6.45, 7) is 9.53. The Balaban J connectivity index is 2.38. The minimum atomic E-state index is -0.264. The molecule has 0 saturated heterocycles. The fraction of sp³-hybridized carbons (Fsp3) is 0.588. The summed E-state index contributed by atoms with van der Waals surface area (Å²) in [5, 5.41) is 3.33. The van der Waals surface area contributed by atoms with Gasteiger partial charge < -0.3 is 15.0 Å². The van der Waals surface area contributed by atoms with E-state index in [1.807, 2.05) is 24.3 Å². The number of benzene rings is 1. The van der Waals surface area contributed by atoms with Crippen LogP contribution in [0.25, 0.3) is 0 Å². The van der Waals surface area contributed by atoms with E-state index < -0.39 is 0 Å². The normalized spacial score (nSPS) is 10.8. The van der Waals surface area contributed by atoms with E-state index in [4.69, 9.17) is 4.74 Å². The van der Waals surface area contributed by atoms with Gasteiger partial charge in [0, 0.05) is 25.3 Å². The molecule has 1 aromatic rings. The summed E-state index contributed by atoms with van der Waals surface area (Å²) in [7, 11) is 1.78. The van der Waals surface area contributed by atoms with E-state index in [0.717, 1.165) is 24.2 Å². The molecule has 0 spiro atoms. The summed E-state index contributed by atoms with van der Waals surface area (Å²) in [6, 6.07) is 8.37. The van der Waals surface area contributed by atoms with Crippen molar-refractivity contribution in [3.05, 3.63) is 29.8 Å². The Morgan fingerprint density at radius 3 is 2.33 bits per heavy atom. The number of nitrogens with one attached hydrogen (secondary N) is 1. The maximum Gasteiger partial charge on any atom is 0.409 e. The van der Waals surface area contributed by atoms with E-state index >= 15 is 0 Å². The third-order valence-corrected chi connectivity index (χ3v) is 3.13. The molecule has 0 bridgehead atoms. The standard InChI is InChI=1S/C17H28N2O2/c1-13(2)10-11-19(5)17(20)21-12-15-6-8-16(9-7-15)18-14(3)4/h6-9,13-14,18H,10-12H2,1-5H3. The Morgan fingerprint density at radius 1 is 1.19 bits per heavy atom. The second kappa shape index (κ2) is 8.55. The van der Waals surface area contributed by atoms with E-state index in [9.17, 15) is 4.79 Å². The Morgan fingerprint density at radius 2 is 1.81 bits per heavy atom. The topological polar surface area (TPSA) is 41.6 Å². The highest BCUT2D eigenvalue weighted by atomic mass is 16.6. The zero-order valence-corrected chi connectivity index (χ0v) is 13.8. The molecule has 1 rings (SSSR count). The summed E-state index contributed by atoms with van der Waals surface area (Å²) >= 11 is 0. The van der Waals surface area contributed by atoms with Gasteiger partial charge in [0.2, 0.25) is 0 Å². The van der Waals surface area contributed by atoms with E-state index in [-0.39, 0.29) is 6.09 Å². The lowest BCUT2D eigenvalue weighted by atomic mass is 10.1. The molecule has 0 heterocycles. The zero-order chi connectivity index (χ0) is 15.8. The van der Waals surface area contributed by atoms with Gasteiger partial charge in [-0.2, -0.15) is 0 Å². The van der Waals surface area contributed by atoms with E-state index in [1.54, 1.807) is 11.9 Å². The summed E-state index contributed by atoms with van der Waals surface area (Å²) in [5.74, 6) is 0.584. The third kappa shape index (κ3) is 7.02. The van der Waals surface area contributed by atoms with Crippen LogP contribution in [0.3, 0.4) is 0 Å². The first-order valence-electron chi connectivity index (χ1n) is 7.62. The van der Waals surface area contributed by atoms with Gasteiger partial charge in [0.1, 0.15) is 6.61 Å². The Bertz CT molecular complexity index is 427. The molecule has 0 aliphatic carbocycles. The van der Waals surface area contributed by atoms with Crippen molar-refractivity contribution >= 4 is 11.8 Å². The van der Waals surface area contributed by atoms with Gasteiger partial charge in [0.15, 0.2) is 0 Å². The van der Waals surface area contributed by atoms with E-state index in [1.165, 1.54) is 0 Å². The number of carbonyl (C=O) groups excluding carboxylic acids is 1. The third-order valence-electron chi connectivity index (χ3n) is 3.13. The summed E-state index contributed by atoms with van der Waals surface area (Å²) in [4.78, 5) is 13.5. The Labute approximate surface area is 128 Å². The lowest BCUT2D eigenvalue weighted by Gasteiger charge is -2.18. The number of nitrogens with zero attached hydrogens (tertiary/aromatic N) is 1. The maximum atomic E-state index is 11.8. The van der Waals surface area contributed by atoms with Gasteiger partial charge in [-0.05, 0) is 43.9 Å². The molecule has 118 valence electrons. The van der Waals surface area contributed by atoms with Crippen molar-refractivity contribution < 1.29 is 9.53 Å². The number of hydrogen-bond acceptors (Lipinski definition) is 3. The van der Waals surface area contributed by atoms with Crippen molar-refractivity contribution in [3.8, 4) is 0 Å². The molecule has 4 heteroatoms. The van der Waals surface area contributed by atoms with Crippen molar-refractivity contribution in [2.75, 3.05) is 18.9 Å². The quantitative estimate of drug-likeness (QED) is 0.822. The molecular formula is C17H28N2O2. The average Bonchev–Trinajstić information content (AvgIpc) is 2.43. The predicted octanol–water partition coefficient (Wildman–Crippen LogP) is 4.12. The van der Waals surface area contributed by atoms with Gasteiger partial charge in [-0.1, -0.05) is 26.0 Å². The molecule has 0 aliphatic rings. The lowest BCUT2D eigenvalue weighted by molar-refractivity contribution is 0.103. The van der Waals surface area contributed by atoms with Crippen LogP contribution in [-0.4, -0.2) is 30.6 Å². The van der Waals surface area contributed by atoms with Crippen LogP contribution >= 0.6 is 0 Å². The maximum absolute atomic E-state index is 11.8. The van der Waals surface area contributed by atoms with Crippen molar-refractivity contribution in [1.82, 2.24) is 4.90 Å². The van der Waals surface area contributed by atoms with Gasteiger partial charge >= 0.3 is 6.09 Å².